The molecule has 3 aromatic rings. The number of carbonyl (C=O) groups excluding carboxylic acids is 2. The van der Waals surface area contributed by atoms with Crippen molar-refractivity contribution in [2.24, 2.45) is 5.10 Å². The summed E-state index contributed by atoms with van der Waals surface area (Å²) in [5.41, 5.74) is 4.78. The number of methoxy groups -OCH3 is 1. The van der Waals surface area contributed by atoms with Crippen LogP contribution in [-0.4, -0.2) is 25.1 Å². The predicted octanol–water partition coefficient (Wildman–Crippen LogP) is 3.57. The maximum atomic E-state index is 13.0. The highest BCUT2D eigenvalue weighted by molar-refractivity contribution is 6.39. The van der Waals surface area contributed by atoms with Crippen LogP contribution >= 0.6 is 0 Å². The van der Waals surface area contributed by atoms with Crippen LogP contribution in [0.25, 0.3) is 0 Å². The monoisotopic (exact) mass is 460 g/mol. The highest BCUT2D eigenvalue weighted by atomic mass is 19.1. The van der Waals surface area contributed by atoms with Crippen molar-refractivity contribution in [1.82, 2.24) is 5.43 Å². The molecule has 0 heterocycles. The second kappa shape index (κ2) is 11.8. The lowest BCUT2D eigenvalue weighted by Gasteiger charge is -2.11. The van der Waals surface area contributed by atoms with Gasteiger partial charge in [0.1, 0.15) is 12.4 Å². The van der Waals surface area contributed by atoms with Crippen molar-refractivity contribution < 1.29 is 23.5 Å². The molecule has 0 bridgehead atoms. The highest BCUT2D eigenvalue weighted by Crippen LogP contribution is 2.28. The van der Waals surface area contributed by atoms with E-state index in [0.29, 0.717) is 22.7 Å². The molecule has 0 atom stereocenters. The molecule has 0 saturated heterocycles. The number of hydrogen-bond acceptors (Lipinski definition) is 6. The lowest BCUT2D eigenvalue weighted by Crippen LogP contribution is -2.32. The Balaban J connectivity index is 1.53. The number of hydrazone groups is 1. The van der Waals surface area contributed by atoms with Gasteiger partial charge in [0.2, 0.25) is 0 Å². The van der Waals surface area contributed by atoms with Crippen LogP contribution in [0.3, 0.4) is 0 Å². The van der Waals surface area contributed by atoms with E-state index in [9.17, 15) is 14.0 Å². The van der Waals surface area contributed by atoms with Crippen LogP contribution < -0.4 is 20.2 Å². The Kier molecular flexibility index (Phi) is 8.30. The summed E-state index contributed by atoms with van der Waals surface area (Å²) in [6.07, 6.45) is 1.61. The number of halogens is 1. The fraction of sp³-hybridized carbons (Fsp3) is 0.120. The van der Waals surface area contributed by atoms with Crippen molar-refractivity contribution in [3.8, 4) is 17.6 Å². The Morgan fingerprint density at radius 1 is 1.00 bits per heavy atom. The van der Waals surface area contributed by atoms with E-state index >= 15 is 0 Å². The maximum Gasteiger partial charge on any atom is 0.329 e. The first-order chi connectivity index (χ1) is 16.5. The average molecular weight is 460 g/mol. The van der Waals surface area contributed by atoms with Gasteiger partial charge >= 0.3 is 11.8 Å². The second-order valence-electron chi connectivity index (χ2n) is 7.01. The van der Waals surface area contributed by atoms with Crippen LogP contribution in [0.5, 0.6) is 11.5 Å². The first-order valence-corrected chi connectivity index (χ1v) is 10.1. The number of carbonyl (C=O) groups is 2. The van der Waals surface area contributed by atoms with E-state index < -0.39 is 11.8 Å². The molecule has 9 heteroatoms. The number of nitrogens with one attached hydrogen (secondary N) is 2. The Morgan fingerprint density at radius 2 is 1.71 bits per heavy atom. The summed E-state index contributed by atoms with van der Waals surface area (Å²) < 4.78 is 24.1. The molecule has 3 rings (SSSR count). The van der Waals surface area contributed by atoms with Gasteiger partial charge in [-0.25, -0.2) is 9.82 Å². The van der Waals surface area contributed by atoms with Crippen molar-refractivity contribution in [3.05, 3.63) is 89.2 Å². The summed E-state index contributed by atoms with van der Waals surface area (Å²) in [5, 5.41) is 14.9. The molecule has 0 aliphatic carbocycles. The molecule has 0 fully saturated rings. The number of rotatable bonds is 8. The first kappa shape index (κ1) is 23.9. The standard InChI is InChI=1S/C25H21FN4O4/c1-33-23-14-19(6-11-22(23)34-16-18-2-7-20(26)8-3-18)15-28-30-25(32)24(31)29-21-9-4-17(5-10-21)12-13-27/h2-11,14-15H,12,16H2,1H3,(H,29,31)(H,30,32). The molecular weight excluding hydrogens is 439 g/mol. The van der Waals surface area contributed by atoms with Crippen LogP contribution in [0.2, 0.25) is 0 Å². The number of ether oxygens (including phenoxy) is 2. The molecule has 0 aliphatic heterocycles. The van der Waals surface area contributed by atoms with Gasteiger partial charge in [-0.2, -0.15) is 10.4 Å². The summed E-state index contributed by atoms with van der Waals surface area (Å²) in [7, 11) is 1.49. The summed E-state index contributed by atoms with van der Waals surface area (Å²) in [6.45, 7) is 0.232. The van der Waals surface area contributed by atoms with Crippen molar-refractivity contribution >= 4 is 23.7 Å². The topological polar surface area (TPSA) is 113 Å². The third-order valence-electron chi connectivity index (χ3n) is 4.58. The van der Waals surface area contributed by atoms with Gasteiger partial charge in [-0.3, -0.25) is 9.59 Å². The zero-order valence-electron chi connectivity index (χ0n) is 18.2. The molecule has 2 N–H and O–H groups in total. The van der Waals surface area contributed by atoms with E-state index in [0.717, 1.165) is 11.1 Å². The van der Waals surface area contributed by atoms with Crippen LogP contribution in [0.15, 0.2) is 71.8 Å². The van der Waals surface area contributed by atoms with Gasteiger partial charge in [-0.1, -0.05) is 24.3 Å². The van der Waals surface area contributed by atoms with Gasteiger partial charge in [0.15, 0.2) is 11.5 Å². The first-order valence-electron chi connectivity index (χ1n) is 10.1. The predicted molar refractivity (Wildman–Crippen MR) is 124 cm³/mol. The molecule has 0 aromatic heterocycles. The molecule has 172 valence electrons. The van der Waals surface area contributed by atoms with Crippen LogP contribution in [0, 0.1) is 17.1 Å². The van der Waals surface area contributed by atoms with Crippen molar-refractivity contribution in [2.45, 2.75) is 13.0 Å². The number of benzene rings is 3. The maximum absolute atomic E-state index is 13.0. The van der Waals surface area contributed by atoms with Gasteiger partial charge < -0.3 is 14.8 Å². The van der Waals surface area contributed by atoms with Gasteiger partial charge in [0.25, 0.3) is 0 Å². The fourth-order valence-corrected chi connectivity index (χ4v) is 2.83. The molecule has 0 saturated carbocycles. The summed E-state index contributed by atoms with van der Waals surface area (Å²) in [5.74, 6) is -1.22. The SMILES string of the molecule is COc1cc(C=NNC(=O)C(=O)Nc2ccc(CC#N)cc2)ccc1OCc1ccc(F)cc1. The molecule has 0 unspecified atom stereocenters. The molecule has 0 radical (unpaired) electrons. The van der Waals surface area contributed by atoms with Crippen LogP contribution in [0.1, 0.15) is 16.7 Å². The van der Waals surface area contributed by atoms with Crippen molar-refractivity contribution in [1.29, 1.82) is 5.26 Å². The van der Waals surface area contributed by atoms with E-state index in [-0.39, 0.29) is 18.8 Å². The van der Waals surface area contributed by atoms with E-state index in [2.05, 4.69) is 15.8 Å². The number of anilines is 1. The number of nitrogens with zero attached hydrogens (tertiary/aromatic N) is 2. The van der Waals surface area contributed by atoms with E-state index in [1.54, 1.807) is 54.6 Å². The van der Waals surface area contributed by atoms with Crippen LogP contribution in [0.4, 0.5) is 10.1 Å². The minimum absolute atomic E-state index is 0.232. The second-order valence-corrected chi connectivity index (χ2v) is 7.01. The van der Waals surface area contributed by atoms with E-state index in [1.165, 1.54) is 25.5 Å². The Morgan fingerprint density at radius 3 is 2.38 bits per heavy atom. The molecule has 0 aliphatic rings. The minimum atomic E-state index is -0.941. The van der Waals surface area contributed by atoms with Crippen molar-refractivity contribution in [3.63, 3.8) is 0 Å². The van der Waals surface area contributed by atoms with Crippen LogP contribution in [-0.2, 0) is 22.6 Å². The molecule has 2 amide bonds. The lowest BCUT2D eigenvalue weighted by molar-refractivity contribution is -0.136. The zero-order chi connectivity index (χ0) is 24.3. The number of nitriles is 1. The largest absolute Gasteiger partial charge is 0.493 e. The fourth-order valence-electron chi connectivity index (χ4n) is 2.83. The Bertz CT molecular complexity index is 1220. The molecule has 8 nitrogen and oxygen atoms in total. The van der Waals surface area contributed by atoms with Gasteiger partial charge in [-0.15, -0.1) is 0 Å². The quantitative estimate of drug-likeness (QED) is 0.303. The molecular formula is C25H21FN4O4. The summed E-state index contributed by atoms with van der Waals surface area (Å²) in [6, 6.07) is 19.6. The third kappa shape index (κ3) is 6.90. The van der Waals surface area contributed by atoms with Gasteiger partial charge in [-0.05, 0) is 59.2 Å². The van der Waals surface area contributed by atoms with Gasteiger partial charge in [0, 0.05) is 5.69 Å². The summed E-state index contributed by atoms with van der Waals surface area (Å²) in [4.78, 5) is 24.0. The smallest absolute Gasteiger partial charge is 0.329 e. The van der Waals surface area contributed by atoms with E-state index in [4.69, 9.17) is 14.7 Å². The molecule has 3 aromatic carbocycles. The summed E-state index contributed by atoms with van der Waals surface area (Å²) >= 11 is 0. The zero-order valence-corrected chi connectivity index (χ0v) is 18.2. The Labute approximate surface area is 195 Å². The normalized spacial score (nSPS) is 10.4. The van der Waals surface area contributed by atoms with Crippen molar-refractivity contribution in [2.75, 3.05) is 12.4 Å². The Hall–Kier alpha value is -4.71. The lowest BCUT2D eigenvalue weighted by atomic mass is 10.1. The van der Waals surface area contributed by atoms with Gasteiger partial charge in [0.05, 0.1) is 25.8 Å². The molecule has 34 heavy (non-hydrogen) atoms. The number of hydrogen-bond donors (Lipinski definition) is 2. The average Bonchev–Trinajstić information content (AvgIpc) is 2.85. The van der Waals surface area contributed by atoms with E-state index in [1.807, 2.05) is 6.07 Å². The number of amides is 2. The third-order valence-corrected chi connectivity index (χ3v) is 4.58. The highest BCUT2D eigenvalue weighted by Gasteiger charge is 2.13. The minimum Gasteiger partial charge on any atom is -0.493 e. The molecule has 0 spiro atoms.